The smallest absolute Gasteiger partial charge is 0.179 e. The van der Waals surface area contributed by atoms with Gasteiger partial charge in [-0.1, -0.05) is 12.1 Å². The summed E-state index contributed by atoms with van der Waals surface area (Å²) in [6.07, 6.45) is -0.314. The zero-order valence-electron chi connectivity index (χ0n) is 14.3. The average Bonchev–Trinajstić information content (AvgIpc) is 2.48. The minimum absolute atomic E-state index is 0.160. The summed E-state index contributed by atoms with van der Waals surface area (Å²) in [7, 11) is -3.24. The van der Waals surface area contributed by atoms with Crippen molar-refractivity contribution in [3.63, 3.8) is 0 Å². The van der Waals surface area contributed by atoms with Gasteiger partial charge in [-0.2, -0.15) is 0 Å². The second kappa shape index (κ2) is 7.75. The Bertz CT molecular complexity index is 621. The van der Waals surface area contributed by atoms with Crippen molar-refractivity contribution in [3.05, 3.63) is 29.3 Å². The van der Waals surface area contributed by atoms with Crippen molar-refractivity contribution < 1.29 is 13.5 Å². The van der Waals surface area contributed by atoms with Crippen LogP contribution in [0.5, 0.6) is 0 Å². The van der Waals surface area contributed by atoms with Crippen molar-refractivity contribution in [2.24, 2.45) is 0 Å². The van der Waals surface area contributed by atoms with Crippen LogP contribution >= 0.6 is 0 Å². The number of benzene rings is 1. The number of aliphatic hydroxyl groups is 1. The molecular weight excluding hydrogens is 312 g/mol. The van der Waals surface area contributed by atoms with Crippen molar-refractivity contribution in [2.75, 3.05) is 45.0 Å². The molecule has 0 amide bonds. The Balaban J connectivity index is 1.90. The largest absolute Gasteiger partial charge is 0.392 e. The molecule has 6 heteroatoms. The van der Waals surface area contributed by atoms with E-state index in [1.54, 1.807) is 13.0 Å². The molecule has 23 heavy (non-hydrogen) atoms. The van der Waals surface area contributed by atoms with Gasteiger partial charge in [0.15, 0.2) is 9.84 Å². The van der Waals surface area contributed by atoms with E-state index in [0.717, 1.165) is 37.3 Å². The van der Waals surface area contributed by atoms with Crippen molar-refractivity contribution in [3.8, 4) is 0 Å². The molecule has 1 aliphatic rings. The average molecular weight is 340 g/mol. The minimum Gasteiger partial charge on any atom is -0.392 e. The topological polar surface area (TPSA) is 60.9 Å². The first-order chi connectivity index (χ1) is 10.8. The van der Waals surface area contributed by atoms with Crippen LogP contribution < -0.4 is 0 Å². The molecular formula is C17H28N2O3S. The normalized spacial score (nSPS) is 19.0. The molecule has 0 unspecified atom stereocenters. The third-order valence-corrected chi connectivity index (χ3v) is 6.17. The number of sulfone groups is 1. The van der Waals surface area contributed by atoms with E-state index < -0.39 is 9.84 Å². The first-order valence-corrected chi connectivity index (χ1v) is 9.86. The van der Waals surface area contributed by atoms with E-state index in [1.165, 1.54) is 0 Å². The molecule has 1 heterocycles. The summed E-state index contributed by atoms with van der Waals surface area (Å²) in [5.41, 5.74) is 1.79. The molecule has 2 rings (SSSR count). The SMILES string of the molecule is Cc1ccc(C)c(S(=O)(=O)CCN2CCN(C[C@@H](C)O)CC2)c1. The van der Waals surface area contributed by atoms with Gasteiger partial charge in [0.25, 0.3) is 0 Å². The third kappa shape index (κ3) is 5.28. The molecule has 1 saturated heterocycles. The molecule has 0 bridgehead atoms. The lowest BCUT2D eigenvalue weighted by Gasteiger charge is -2.35. The van der Waals surface area contributed by atoms with E-state index in [-0.39, 0.29) is 11.9 Å². The number of β-amino-alcohol motifs (C(OH)–C–C–N with tert-alkyl or cyclic N) is 1. The van der Waals surface area contributed by atoms with Crippen molar-refractivity contribution in [2.45, 2.75) is 31.8 Å². The summed E-state index contributed by atoms with van der Waals surface area (Å²) in [5.74, 6) is 0.160. The van der Waals surface area contributed by atoms with Gasteiger partial charge in [-0.25, -0.2) is 8.42 Å². The molecule has 0 aliphatic carbocycles. The molecule has 0 spiro atoms. The molecule has 1 aromatic carbocycles. The Morgan fingerprint density at radius 1 is 1.13 bits per heavy atom. The van der Waals surface area contributed by atoms with Crippen LogP contribution in [0.1, 0.15) is 18.1 Å². The van der Waals surface area contributed by atoms with Gasteiger partial charge >= 0.3 is 0 Å². The fourth-order valence-corrected chi connectivity index (χ4v) is 4.61. The van der Waals surface area contributed by atoms with E-state index in [9.17, 15) is 13.5 Å². The van der Waals surface area contributed by atoms with Crippen molar-refractivity contribution in [1.29, 1.82) is 0 Å². The van der Waals surface area contributed by atoms with Gasteiger partial charge in [0, 0.05) is 39.3 Å². The Morgan fingerprint density at radius 2 is 1.74 bits per heavy atom. The number of rotatable bonds is 6. The molecule has 1 atom stereocenters. The maximum atomic E-state index is 12.6. The summed E-state index contributed by atoms with van der Waals surface area (Å²) in [6.45, 7) is 10.3. The van der Waals surface area contributed by atoms with E-state index in [1.807, 2.05) is 26.0 Å². The molecule has 0 radical (unpaired) electrons. The van der Waals surface area contributed by atoms with E-state index >= 15 is 0 Å². The molecule has 0 aromatic heterocycles. The molecule has 1 aliphatic heterocycles. The molecule has 0 saturated carbocycles. The fraction of sp³-hybridized carbons (Fsp3) is 0.647. The zero-order chi connectivity index (χ0) is 17.0. The zero-order valence-corrected chi connectivity index (χ0v) is 15.1. The Hall–Kier alpha value is -0.950. The van der Waals surface area contributed by atoms with Crippen LogP contribution in [0, 0.1) is 13.8 Å². The summed E-state index contributed by atoms with van der Waals surface area (Å²) in [4.78, 5) is 4.88. The second-order valence-electron chi connectivity index (χ2n) is 6.58. The number of aliphatic hydroxyl groups excluding tert-OH is 1. The van der Waals surface area contributed by atoms with Gasteiger partial charge in [0.2, 0.25) is 0 Å². The summed E-state index contributed by atoms with van der Waals surface area (Å²) >= 11 is 0. The van der Waals surface area contributed by atoms with Crippen LogP contribution in [-0.4, -0.2) is 74.4 Å². The van der Waals surface area contributed by atoms with Gasteiger partial charge < -0.3 is 5.11 Å². The number of aryl methyl sites for hydroxylation is 2. The lowest BCUT2D eigenvalue weighted by Crippen LogP contribution is -2.49. The van der Waals surface area contributed by atoms with Crippen LogP contribution in [0.4, 0.5) is 0 Å². The quantitative estimate of drug-likeness (QED) is 0.840. The van der Waals surface area contributed by atoms with Crippen LogP contribution in [0.15, 0.2) is 23.1 Å². The number of hydrogen-bond acceptors (Lipinski definition) is 5. The molecule has 5 nitrogen and oxygen atoms in total. The second-order valence-corrected chi connectivity index (χ2v) is 8.66. The molecule has 1 aromatic rings. The highest BCUT2D eigenvalue weighted by molar-refractivity contribution is 7.91. The Kier molecular flexibility index (Phi) is 6.19. The standard InChI is InChI=1S/C17H28N2O3S/c1-14-4-5-15(2)17(12-14)23(21,22)11-10-18-6-8-19(9-7-18)13-16(3)20/h4-5,12,16,20H,6-11,13H2,1-3H3/t16-/m1/s1. The summed E-state index contributed by atoms with van der Waals surface area (Å²) in [6, 6.07) is 5.58. The first-order valence-electron chi connectivity index (χ1n) is 8.21. The fourth-order valence-electron chi connectivity index (χ4n) is 2.97. The lowest BCUT2D eigenvalue weighted by atomic mass is 10.2. The van der Waals surface area contributed by atoms with Crippen LogP contribution in [0.25, 0.3) is 0 Å². The molecule has 1 N–H and O–H groups in total. The maximum Gasteiger partial charge on any atom is 0.179 e. The first kappa shape index (κ1) is 18.4. The number of hydrogen-bond donors (Lipinski definition) is 1. The van der Waals surface area contributed by atoms with Crippen molar-refractivity contribution >= 4 is 9.84 Å². The Labute approximate surface area is 139 Å². The predicted molar refractivity (Wildman–Crippen MR) is 92.5 cm³/mol. The van der Waals surface area contributed by atoms with Crippen LogP contribution in [-0.2, 0) is 9.84 Å². The van der Waals surface area contributed by atoms with Gasteiger partial charge in [-0.3, -0.25) is 9.80 Å². The number of nitrogens with zero attached hydrogens (tertiary/aromatic N) is 2. The molecule has 1 fully saturated rings. The van der Waals surface area contributed by atoms with Crippen LogP contribution in [0.2, 0.25) is 0 Å². The summed E-state index contributed by atoms with van der Waals surface area (Å²) in [5, 5.41) is 9.42. The van der Waals surface area contributed by atoms with Gasteiger partial charge in [-0.15, -0.1) is 0 Å². The van der Waals surface area contributed by atoms with E-state index in [0.29, 0.717) is 18.0 Å². The highest BCUT2D eigenvalue weighted by atomic mass is 32.2. The summed E-state index contributed by atoms with van der Waals surface area (Å²) < 4.78 is 25.2. The lowest BCUT2D eigenvalue weighted by molar-refractivity contribution is 0.0832. The maximum absolute atomic E-state index is 12.6. The highest BCUT2D eigenvalue weighted by Crippen LogP contribution is 2.18. The predicted octanol–water partition coefficient (Wildman–Crippen LogP) is 1.08. The number of piperazine rings is 1. The van der Waals surface area contributed by atoms with Gasteiger partial charge in [0.05, 0.1) is 16.8 Å². The molecule has 130 valence electrons. The monoisotopic (exact) mass is 340 g/mol. The van der Waals surface area contributed by atoms with E-state index in [2.05, 4.69) is 9.80 Å². The van der Waals surface area contributed by atoms with Crippen LogP contribution in [0.3, 0.4) is 0 Å². The van der Waals surface area contributed by atoms with Gasteiger partial charge in [0.1, 0.15) is 0 Å². The minimum atomic E-state index is -3.24. The highest BCUT2D eigenvalue weighted by Gasteiger charge is 2.22. The Morgan fingerprint density at radius 3 is 2.35 bits per heavy atom. The third-order valence-electron chi connectivity index (χ3n) is 4.34. The van der Waals surface area contributed by atoms with Crippen molar-refractivity contribution in [1.82, 2.24) is 9.80 Å². The van der Waals surface area contributed by atoms with Gasteiger partial charge in [-0.05, 0) is 38.0 Å². The van der Waals surface area contributed by atoms with E-state index in [4.69, 9.17) is 0 Å².